The fraction of sp³-hybridized carbons (Fsp3) is 0.214. The molecule has 0 unspecified atom stereocenters. The maximum atomic E-state index is 11.8. The van der Waals surface area contributed by atoms with Crippen molar-refractivity contribution in [2.45, 2.75) is 18.2 Å². The number of hydrogen-bond acceptors (Lipinski definition) is 3. The van der Waals surface area contributed by atoms with Gasteiger partial charge in [-0.15, -0.1) is 24.0 Å². The number of carbonyl (C=O) groups is 1. The monoisotopic (exact) mass is 277 g/mol. The predicted octanol–water partition coefficient (Wildman–Crippen LogP) is 3.32. The van der Waals surface area contributed by atoms with Gasteiger partial charge in [0, 0.05) is 16.8 Å². The molecule has 0 spiro atoms. The zero-order chi connectivity index (χ0) is 13.0. The Morgan fingerprint density at radius 3 is 2.89 bits per heavy atom. The molecule has 0 aliphatic rings. The van der Waals surface area contributed by atoms with Crippen molar-refractivity contribution in [3.05, 3.63) is 51.7 Å². The summed E-state index contributed by atoms with van der Waals surface area (Å²) in [6.07, 6.45) is 0.854. The summed E-state index contributed by atoms with van der Waals surface area (Å²) in [4.78, 5) is 13.3. The van der Waals surface area contributed by atoms with E-state index in [-0.39, 0.29) is 5.91 Å². The second kappa shape index (κ2) is 6.07. The zero-order valence-electron chi connectivity index (χ0n) is 10.1. The van der Waals surface area contributed by atoms with Crippen LogP contribution >= 0.6 is 24.0 Å². The van der Waals surface area contributed by atoms with Gasteiger partial charge in [0.2, 0.25) is 0 Å². The number of amides is 1. The maximum absolute atomic E-state index is 11.8. The van der Waals surface area contributed by atoms with E-state index in [0.717, 1.165) is 11.3 Å². The zero-order valence-corrected chi connectivity index (χ0v) is 11.9. The topological polar surface area (TPSA) is 29.1 Å². The van der Waals surface area contributed by atoms with E-state index < -0.39 is 0 Å². The standard InChI is InChI=1S/C14H15NOS2/c1-10-3-2-4-11(7-10)5-6-15-14(16)13-8-12(17)9-18-13/h2-4,7-9,17H,5-6H2,1H3,(H,15,16). The summed E-state index contributed by atoms with van der Waals surface area (Å²) >= 11 is 5.61. The molecule has 1 aromatic carbocycles. The van der Waals surface area contributed by atoms with E-state index in [9.17, 15) is 4.79 Å². The molecule has 0 atom stereocenters. The summed E-state index contributed by atoms with van der Waals surface area (Å²) in [7, 11) is 0. The fourth-order valence-corrected chi connectivity index (χ4v) is 2.78. The highest BCUT2D eigenvalue weighted by Crippen LogP contribution is 2.17. The Labute approximate surface area is 116 Å². The van der Waals surface area contributed by atoms with Crippen LogP contribution in [-0.4, -0.2) is 12.5 Å². The minimum Gasteiger partial charge on any atom is -0.351 e. The molecule has 18 heavy (non-hydrogen) atoms. The van der Waals surface area contributed by atoms with Crippen LogP contribution in [0.4, 0.5) is 0 Å². The first-order valence-electron chi connectivity index (χ1n) is 5.76. The van der Waals surface area contributed by atoms with Crippen LogP contribution in [0.15, 0.2) is 40.6 Å². The molecule has 94 valence electrons. The first-order chi connectivity index (χ1) is 8.65. The third kappa shape index (κ3) is 3.62. The smallest absolute Gasteiger partial charge is 0.261 e. The molecule has 0 radical (unpaired) electrons. The van der Waals surface area contributed by atoms with Crippen molar-refractivity contribution in [1.82, 2.24) is 5.32 Å². The Morgan fingerprint density at radius 2 is 2.22 bits per heavy atom. The molecule has 0 fully saturated rings. The highest BCUT2D eigenvalue weighted by atomic mass is 32.1. The lowest BCUT2D eigenvalue weighted by molar-refractivity contribution is 0.0958. The molecule has 0 aliphatic carbocycles. The highest BCUT2D eigenvalue weighted by Gasteiger charge is 2.07. The molecule has 1 heterocycles. The van der Waals surface area contributed by atoms with Crippen LogP contribution in [0.3, 0.4) is 0 Å². The van der Waals surface area contributed by atoms with Gasteiger partial charge in [-0.3, -0.25) is 4.79 Å². The molecule has 2 aromatic rings. The van der Waals surface area contributed by atoms with Crippen molar-refractivity contribution in [2.75, 3.05) is 6.54 Å². The number of thiol groups is 1. The summed E-state index contributed by atoms with van der Waals surface area (Å²) in [5, 5.41) is 4.78. The molecule has 0 bridgehead atoms. The van der Waals surface area contributed by atoms with Gasteiger partial charge in [0.25, 0.3) is 5.91 Å². The number of aryl methyl sites for hydroxylation is 1. The van der Waals surface area contributed by atoms with Crippen molar-refractivity contribution in [3.63, 3.8) is 0 Å². The molecule has 1 N–H and O–H groups in total. The van der Waals surface area contributed by atoms with Gasteiger partial charge in [-0.25, -0.2) is 0 Å². The Balaban J connectivity index is 1.84. The van der Waals surface area contributed by atoms with E-state index >= 15 is 0 Å². The maximum Gasteiger partial charge on any atom is 0.261 e. The molecule has 4 heteroatoms. The van der Waals surface area contributed by atoms with Gasteiger partial charge < -0.3 is 5.32 Å². The van der Waals surface area contributed by atoms with E-state index in [0.29, 0.717) is 11.4 Å². The number of hydrogen-bond donors (Lipinski definition) is 2. The third-order valence-electron chi connectivity index (χ3n) is 2.59. The second-order valence-electron chi connectivity index (χ2n) is 4.16. The van der Waals surface area contributed by atoms with Crippen molar-refractivity contribution >= 4 is 29.9 Å². The number of benzene rings is 1. The number of nitrogens with one attached hydrogen (secondary N) is 1. The average Bonchev–Trinajstić information content (AvgIpc) is 2.76. The summed E-state index contributed by atoms with van der Waals surface area (Å²) in [5.41, 5.74) is 2.49. The number of thiophene rings is 1. The molecular weight excluding hydrogens is 262 g/mol. The third-order valence-corrected chi connectivity index (χ3v) is 3.95. The highest BCUT2D eigenvalue weighted by molar-refractivity contribution is 7.80. The van der Waals surface area contributed by atoms with Crippen LogP contribution in [0.2, 0.25) is 0 Å². The number of rotatable bonds is 4. The van der Waals surface area contributed by atoms with Crippen molar-refractivity contribution < 1.29 is 4.79 Å². The molecule has 2 rings (SSSR count). The van der Waals surface area contributed by atoms with E-state index in [1.165, 1.54) is 22.5 Å². The van der Waals surface area contributed by atoms with Crippen molar-refractivity contribution in [2.24, 2.45) is 0 Å². The van der Waals surface area contributed by atoms with Crippen molar-refractivity contribution in [1.29, 1.82) is 0 Å². The minimum atomic E-state index is -0.0204. The SMILES string of the molecule is Cc1cccc(CCNC(=O)c2cc(S)cs2)c1. The van der Waals surface area contributed by atoms with Gasteiger partial charge >= 0.3 is 0 Å². The summed E-state index contributed by atoms with van der Waals surface area (Å²) in [6.45, 7) is 2.73. The average molecular weight is 277 g/mol. The Hall–Kier alpha value is -1.26. The van der Waals surface area contributed by atoms with Crippen LogP contribution in [-0.2, 0) is 6.42 Å². The van der Waals surface area contributed by atoms with Gasteiger partial charge in [-0.1, -0.05) is 29.8 Å². The van der Waals surface area contributed by atoms with Crippen LogP contribution in [0.1, 0.15) is 20.8 Å². The predicted molar refractivity (Wildman–Crippen MR) is 78.8 cm³/mol. The second-order valence-corrected chi connectivity index (χ2v) is 5.59. The van der Waals surface area contributed by atoms with Crippen molar-refractivity contribution in [3.8, 4) is 0 Å². The normalized spacial score (nSPS) is 10.3. The largest absolute Gasteiger partial charge is 0.351 e. The molecule has 0 saturated heterocycles. The van der Waals surface area contributed by atoms with Crippen LogP contribution in [0.25, 0.3) is 0 Å². The Kier molecular flexibility index (Phi) is 4.44. The molecule has 0 aliphatic heterocycles. The van der Waals surface area contributed by atoms with Gasteiger partial charge in [-0.05, 0) is 25.0 Å². The first kappa shape index (κ1) is 13.2. The van der Waals surface area contributed by atoms with E-state index in [1.807, 2.05) is 11.4 Å². The number of carbonyl (C=O) groups excluding carboxylic acids is 1. The van der Waals surface area contributed by atoms with Crippen LogP contribution < -0.4 is 5.32 Å². The summed E-state index contributed by atoms with van der Waals surface area (Å²) < 4.78 is 0. The lowest BCUT2D eigenvalue weighted by Gasteiger charge is -2.04. The van der Waals surface area contributed by atoms with Crippen LogP contribution in [0, 0.1) is 6.92 Å². The fourth-order valence-electron chi connectivity index (χ4n) is 1.72. The molecule has 1 aromatic heterocycles. The summed E-state index contributed by atoms with van der Waals surface area (Å²) in [5.74, 6) is -0.0204. The molecule has 1 amide bonds. The van der Waals surface area contributed by atoms with Gasteiger partial charge in [0.15, 0.2) is 0 Å². The van der Waals surface area contributed by atoms with Crippen LogP contribution in [0.5, 0.6) is 0 Å². The van der Waals surface area contributed by atoms with E-state index in [2.05, 4.69) is 43.1 Å². The summed E-state index contributed by atoms with van der Waals surface area (Å²) in [6, 6.07) is 10.1. The molecule has 2 nitrogen and oxygen atoms in total. The molecular formula is C14H15NOS2. The van der Waals surface area contributed by atoms with Gasteiger partial charge in [0.1, 0.15) is 0 Å². The minimum absolute atomic E-state index is 0.0204. The van der Waals surface area contributed by atoms with E-state index in [4.69, 9.17) is 0 Å². The Bertz CT molecular complexity index is 548. The lowest BCUT2D eigenvalue weighted by atomic mass is 10.1. The lowest BCUT2D eigenvalue weighted by Crippen LogP contribution is -2.24. The Morgan fingerprint density at radius 1 is 1.39 bits per heavy atom. The first-order valence-corrected chi connectivity index (χ1v) is 7.09. The van der Waals surface area contributed by atoms with Gasteiger partial charge in [0.05, 0.1) is 4.88 Å². The molecule has 0 saturated carbocycles. The van der Waals surface area contributed by atoms with Gasteiger partial charge in [-0.2, -0.15) is 0 Å². The quantitative estimate of drug-likeness (QED) is 0.825. The van der Waals surface area contributed by atoms with E-state index in [1.54, 1.807) is 6.07 Å².